The van der Waals surface area contributed by atoms with Crippen LogP contribution in [-0.2, 0) is 6.54 Å². The van der Waals surface area contributed by atoms with Crippen LogP contribution < -0.4 is 4.90 Å². The molecular weight excluding hydrogens is 665 g/mol. The van der Waals surface area contributed by atoms with Crippen LogP contribution in [0.2, 0.25) is 0 Å². The Morgan fingerprint density at radius 1 is 0.623 bits per heavy atom. The molecule has 1 unspecified atom stereocenters. The molecular formula is C49H32N2OS. The zero-order valence-corrected chi connectivity index (χ0v) is 29.6. The first-order chi connectivity index (χ1) is 26.3. The number of benzene rings is 7. The summed E-state index contributed by atoms with van der Waals surface area (Å²) in [4.78, 5) is 2.53. The highest BCUT2D eigenvalue weighted by atomic mass is 32.1. The van der Waals surface area contributed by atoms with E-state index in [9.17, 15) is 0 Å². The Morgan fingerprint density at radius 3 is 2.34 bits per heavy atom. The third kappa shape index (κ3) is 4.27. The fraction of sp³-hybridized carbons (Fsp3) is 0.0612. The Bertz CT molecular complexity index is 3140. The highest BCUT2D eigenvalue weighted by Gasteiger charge is 2.35. The summed E-state index contributed by atoms with van der Waals surface area (Å²) in [7, 11) is 0. The second kappa shape index (κ2) is 11.1. The Hall–Kier alpha value is -6.36. The predicted octanol–water partition coefficient (Wildman–Crippen LogP) is 13.8. The first kappa shape index (κ1) is 29.2. The maximum Gasteiger partial charge on any atom is 0.136 e. The normalized spacial score (nSPS) is 14.5. The van der Waals surface area contributed by atoms with Gasteiger partial charge in [-0.05, 0) is 89.3 Å². The van der Waals surface area contributed by atoms with Gasteiger partial charge in [-0.1, -0.05) is 103 Å². The minimum atomic E-state index is 0.387. The number of fused-ring (bicyclic) bond motifs is 12. The van der Waals surface area contributed by atoms with Crippen molar-refractivity contribution in [2.45, 2.75) is 18.9 Å². The zero-order chi connectivity index (χ0) is 34.6. The third-order valence-corrected chi connectivity index (χ3v) is 12.7. The molecule has 1 aliphatic carbocycles. The molecule has 3 aromatic heterocycles. The lowest BCUT2D eigenvalue weighted by atomic mass is 9.87. The van der Waals surface area contributed by atoms with E-state index in [1.807, 2.05) is 23.5 Å². The number of hydrogen-bond acceptors (Lipinski definition) is 3. The highest BCUT2D eigenvalue weighted by molar-refractivity contribution is 7.25. The fourth-order valence-electron chi connectivity index (χ4n) is 9.15. The first-order valence-corrected chi connectivity index (χ1v) is 19.2. The number of allylic oxidation sites excluding steroid dienone is 1. The van der Waals surface area contributed by atoms with E-state index in [1.54, 1.807) is 0 Å². The molecule has 10 aromatic rings. The Morgan fingerprint density at radius 2 is 1.40 bits per heavy atom. The van der Waals surface area contributed by atoms with Crippen molar-refractivity contribution in [2.75, 3.05) is 4.90 Å². The van der Waals surface area contributed by atoms with Crippen LogP contribution in [0.5, 0.6) is 0 Å². The summed E-state index contributed by atoms with van der Waals surface area (Å²) in [6, 6.07) is 55.7. The van der Waals surface area contributed by atoms with Crippen LogP contribution in [0.4, 0.5) is 11.4 Å². The summed E-state index contributed by atoms with van der Waals surface area (Å²) in [5.74, 6) is 0.387. The molecule has 0 fully saturated rings. The van der Waals surface area contributed by atoms with E-state index in [4.69, 9.17) is 4.42 Å². The van der Waals surface area contributed by atoms with Crippen LogP contribution in [0.1, 0.15) is 34.7 Å². The van der Waals surface area contributed by atoms with Gasteiger partial charge in [0.05, 0.1) is 11.2 Å². The van der Waals surface area contributed by atoms with Crippen LogP contribution in [0.3, 0.4) is 0 Å². The molecule has 4 heteroatoms. The van der Waals surface area contributed by atoms with Crippen molar-refractivity contribution in [1.29, 1.82) is 0 Å². The summed E-state index contributed by atoms with van der Waals surface area (Å²) >= 11 is 1.87. The van der Waals surface area contributed by atoms with Crippen molar-refractivity contribution >= 4 is 81.8 Å². The van der Waals surface area contributed by atoms with Gasteiger partial charge in [-0.2, -0.15) is 0 Å². The number of nitrogens with zero attached hydrogens (tertiary/aromatic N) is 2. The number of hydrogen-bond donors (Lipinski definition) is 0. The molecule has 0 amide bonds. The largest absolute Gasteiger partial charge is 0.456 e. The summed E-state index contributed by atoms with van der Waals surface area (Å²) in [5.41, 5.74) is 14.6. The molecule has 7 aromatic carbocycles. The molecule has 250 valence electrons. The Kier molecular flexibility index (Phi) is 6.11. The van der Waals surface area contributed by atoms with Gasteiger partial charge in [-0.3, -0.25) is 0 Å². The first-order valence-electron chi connectivity index (χ1n) is 18.4. The van der Waals surface area contributed by atoms with Crippen LogP contribution in [-0.4, -0.2) is 4.57 Å². The van der Waals surface area contributed by atoms with E-state index in [2.05, 4.69) is 161 Å². The second-order valence-corrected chi connectivity index (χ2v) is 15.5. The molecule has 0 saturated carbocycles. The van der Waals surface area contributed by atoms with E-state index in [-0.39, 0.29) is 0 Å². The van der Waals surface area contributed by atoms with Crippen molar-refractivity contribution in [3.05, 3.63) is 180 Å². The molecule has 0 saturated heterocycles. The molecule has 4 heterocycles. The van der Waals surface area contributed by atoms with Gasteiger partial charge in [0.25, 0.3) is 0 Å². The smallest absolute Gasteiger partial charge is 0.136 e. The van der Waals surface area contributed by atoms with E-state index in [1.165, 1.54) is 70.4 Å². The van der Waals surface area contributed by atoms with Gasteiger partial charge in [0.2, 0.25) is 0 Å². The number of thiophene rings is 1. The molecule has 53 heavy (non-hydrogen) atoms. The highest BCUT2D eigenvalue weighted by Crippen LogP contribution is 2.51. The molecule has 0 spiro atoms. The van der Waals surface area contributed by atoms with Gasteiger partial charge >= 0.3 is 0 Å². The molecule has 0 radical (unpaired) electrons. The van der Waals surface area contributed by atoms with Crippen molar-refractivity contribution < 1.29 is 4.42 Å². The van der Waals surface area contributed by atoms with Crippen molar-refractivity contribution in [3.63, 3.8) is 0 Å². The molecule has 0 bridgehead atoms. The third-order valence-electron chi connectivity index (χ3n) is 11.5. The van der Waals surface area contributed by atoms with Crippen molar-refractivity contribution in [1.82, 2.24) is 4.57 Å². The Labute approximate surface area is 310 Å². The van der Waals surface area contributed by atoms with Gasteiger partial charge in [0.1, 0.15) is 11.2 Å². The minimum absolute atomic E-state index is 0.387. The van der Waals surface area contributed by atoms with Gasteiger partial charge in [-0.15, -0.1) is 11.3 Å². The predicted molar refractivity (Wildman–Crippen MR) is 223 cm³/mol. The van der Waals surface area contributed by atoms with E-state index in [0.717, 1.165) is 46.2 Å². The lowest BCUT2D eigenvalue weighted by molar-refractivity contribution is 0.669. The van der Waals surface area contributed by atoms with Gasteiger partial charge in [0, 0.05) is 71.4 Å². The molecule has 1 aliphatic heterocycles. The molecule has 2 aliphatic rings. The topological polar surface area (TPSA) is 21.3 Å². The van der Waals surface area contributed by atoms with Gasteiger partial charge < -0.3 is 13.9 Å². The van der Waals surface area contributed by atoms with Gasteiger partial charge in [0.15, 0.2) is 0 Å². The number of furan rings is 1. The summed E-state index contributed by atoms with van der Waals surface area (Å²) in [5, 5.41) is 6.28. The number of para-hydroxylation sites is 3. The number of rotatable bonds is 5. The SMILES string of the molecule is C1=Cc2c3n(c4c(N(Cc5ccc6sc7ccccc7c6c5)c5ccc(-c6ccc7c(c6)oc6ccccc67)cc5)cccc24)-c2ccccc2C3C1. The average Bonchev–Trinajstić information content (AvgIpc) is 3.97. The van der Waals surface area contributed by atoms with Crippen molar-refractivity contribution in [3.8, 4) is 16.8 Å². The number of aromatic nitrogens is 1. The van der Waals surface area contributed by atoms with Crippen LogP contribution in [0.15, 0.2) is 162 Å². The van der Waals surface area contributed by atoms with Gasteiger partial charge in [-0.25, -0.2) is 0 Å². The quantitative estimate of drug-likeness (QED) is 0.179. The molecule has 3 nitrogen and oxygen atoms in total. The van der Waals surface area contributed by atoms with Crippen LogP contribution in [0.25, 0.3) is 75.9 Å². The molecule has 0 N–H and O–H groups in total. The maximum atomic E-state index is 6.26. The summed E-state index contributed by atoms with van der Waals surface area (Å²) in [6.07, 6.45) is 5.76. The lowest BCUT2D eigenvalue weighted by Gasteiger charge is -2.27. The minimum Gasteiger partial charge on any atom is -0.456 e. The standard InChI is InChI=1S/C49H32N2OS/c1-4-15-42-34(9-1)38-12-7-13-39-40-14-8-16-43(49(40)51(42)48(38)39)50(29-30-19-26-47-41(27-30)37-11-3-6-18-46(37)53-47)33-23-20-31(21-24-33)32-22-25-36-35-10-2-5-17-44(35)52-45(36)28-32/h1-11,13-28,38H,12,29H2. The zero-order valence-electron chi connectivity index (χ0n) is 28.8. The molecule has 1 atom stereocenters. The monoisotopic (exact) mass is 696 g/mol. The average molecular weight is 697 g/mol. The van der Waals surface area contributed by atoms with Crippen molar-refractivity contribution in [2.24, 2.45) is 0 Å². The van der Waals surface area contributed by atoms with E-state index >= 15 is 0 Å². The molecule has 12 rings (SSSR count). The fourth-order valence-corrected chi connectivity index (χ4v) is 10.2. The maximum absolute atomic E-state index is 6.26. The number of anilines is 2. The van der Waals surface area contributed by atoms with E-state index < -0.39 is 0 Å². The van der Waals surface area contributed by atoms with Crippen LogP contribution in [0, 0.1) is 0 Å². The summed E-state index contributed by atoms with van der Waals surface area (Å²) < 4.78 is 11.5. The second-order valence-electron chi connectivity index (χ2n) is 14.4. The van der Waals surface area contributed by atoms with E-state index in [0.29, 0.717) is 5.92 Å². The Balaban J connectivity index is 1.03. The van der Waals surface area contributed by atoms with Crippen LogP contribution >= 0.6 is 11.3 Å². The summed E-state index contributed by atoms with van der Waals surface area (Å²) in [6.45, 7) is 0.736. The lowest BCUT2D eigenvalue weighted by Crippen LogP contribution is -2.17.